The molecular formula is C19H22ClN3O3S. The summed E-state index contributed by atoms with van der Waals surface area (Å²) in [7, 11) is -4.02. The number of nitrogens with zero attached hydrogens (tertiary/aromatic N) is 1. The lowest BCUT2D eigenvalue weighted by atomic mass is 9.94. The summed E-state index contributed by atoms with van der Waals surface area (Å²) in [5.41, 5.74) is 4.00. The second-order valence-corrected chi connectivity index (χ2v) is 8.57. The van der Waals surface area contributed by atoms with Crippen molar-refractivity contribution in [3.8, 4) is 0 Å². The van der Waals surface area contributed by atoms with Crippen molar-refractivity contribution in [1.82, 2.24) is 5.43 Å². The van der Waals surface area contributed by atoms with Gasteiger partial charge in [-0.2, -0.15) is 0 Å². The zero-order chi connectivity index (χ0) is 19.4. The van der Waals surface area contributed by atoms with Crippen molar-refractivity contribution in [1.29, 1.82) is 0 Å². The van der Waals surface area contributed by atoms with Crippen LogP contribution in [0.2, 0.25) is 5.02 Å². The zero-order valence-electron chi connectivity index (χ0n) is 14.8. The van der Waals surface area contributed by atoms with Gasteiger partial charge in [-0.05, 0) is 43.2 Å². The van der Waals surface area contributed by atoms with Crippen LogP contribution in [0.15, 0.2) is 53.4 Å². The molecule has 0 atom stereocenters. The number of hydrogen-bond donors (Lipinski definition) is 2. The molecule has 0 radical (unpaired) electrons. The molecule has 3 rings (SSSR count). The summed E-state index contributed by atoms with van der Waals surface area (Å²) in [4.78, 5) is 12.6. The van der Waals surface area contributed by atoms with E-state index in [4.69, 9.17) is 16.7 Å². The third kappa shape index (κ3) is 4.80. The average Bonchev–Trinajstić information content (AvgIpc) is 2.66. The number of hydrazine groups is 1. The summed E-state index contributed by atoms with van der Waals surface area (Å²) in [5.74, 6) is -0.411. The highest BCUT2D eigenvalue weighted by atomic mass is 35.5. The molecule has 0 spiro atoms. The number of carbonyl (C=O) groups excluding carboxylic acids is 1. The van der Waals surface area contributed by atoms with Gasteiger partial charge in [-0.1, -0.05) is 49.1 Å². The summed E-state index contributed by atoms with van der Waals surface area (Å²) in [6, 6.07) is 13.9. The average molecular weight is 408 g/mol. The standard InChI is InChI=1S/C19H22ClN3O3S/c20-17-12-11-14(13-18(17)27(21,25)26)19(24)22-23(15-7-3-1-4-8-15)16-9-5-2-6-10-16/h1,3-4,7-8,11-13,16H,2,5-6,9-10H2,(H,22,24)(H2,21,25,26). The van der Waals surface area contributed by atoms with E-state index in [1.165, 1.54) is 24.6 Å². The molecule has 1 aliphatic carbocycles. The molecule has 27 heavy (non-hydrogen) atoms. The molecule has 1 fully saturated rings. The predicted molar refractivity (Wildman–Crippen MR) is 106 cm³/mol. The lowest BCUT2D eigenvalue weighted by molar-refractivity contribution is 0.0941. The van der Waals surface area contributed by atoms with Gasteiger partial charge < -0.3 is 0 Å². The lowest BCUT2D eigenvalue weighted by Gasteiger charge is -2.36. The van der Waals surface area contributed by atoms with E-state index in [0.717, 1.165) is 31.4 Å². The topological polar surface area (TPSA) is 92.5 Å². The smallest absolute Gasteiger partial charge is 0.269 e. The minimum atomic E-state index is -4.02. The third-order valence-corrected chi connectivity index (χ3v) is 6.09. The van der Waals surface area contributed by atoms with Gasteiger partial charge in [-0.3, -0.25) is 15.2 Å². The number of para-hydroxylation sites is 1. The summed E-state index contributed by atoms with van der Waals surface area (Å²) < 4.78 is 23.3. The van der Waals surface area contributed by atoms with Gasteiger partial charge in [0.05, 0.1) is 16.8 Å². The van der Waals surface area contributed by atoms with Crippen LogP contribution in [0.1, 0.15) is 42.5 Å². The number of sulfonamides is 1. The summed E-state index contributed by atoms with van der Waals surface area (Å²) in [6.07, 6.45) is 5.39. The van der Waals surface area contributed by atoms with Crippen molar-refractivity contribution in [3.63, 3.8) is 0 Å². The SMILES string of the molecule is NS(=O)(=O)c1cc(C(=O)NN(c2ccccc2)C2CCCCC2)ccc1Cl. The Balaban J connectivity index is 1.89. The first-order valence-corrected chi connectivity index (χ1v) is 10.8. The van der Waals surface area contributed by atoms with Crippen LogP contribution >= 0.6 is 11.6 Å². The fraction of sp³-hybridized carbons (Fsp3) is 0.316. The Morgan fingerprint density at radius 2 is 1.74 bits per heavy atom. The van der Waals surface area contributed by atoms with Crippen LogP contribution in [-0.4, -0.2) is 20.4 Å². The number of nitrogens with two attached hydrogens (primary N) is 1. The minimum absolute atomic E-state index is 0.0127. The van der Waals surface area contributed by atoms with Gasteiger partial charge in [0.15, 0.2) is 0 Å². The number of halogens is 1. The van der Waals surface area contributed by atoms with Crippen molar-refractivity contribution in [2.45, 2.75) is 43.0 Å². The van der Waals surface area contributed by atoms with E-state index in [0.29, 0.717) is 0 Å². The number of nitrogens with one attached hydrogen (secondary N) is 1. The number of benzene rings is 2. The van der Waals surface area contributed by atoms with Crippen LogP contribution in [0.5, 0.6) is 0 Å². The van der Waals surface area contributed by atoms with Crippen LogP contribution in [0.25, 0.3) is 0 Å². The molecule has 0 aromatic heterocycles. The molecule has 8 heteroatoms. The fourth-order valence-electron chi connectivity index (χ4n) is 3.33. The molecule has 1 saturated carbocycles. The Hall–Kier alpha value is -2.09. The largest absolute Gasteiger partial charge is 0.282 e. The maximum atomic E-state index is 12.8. The van der Waals surface area contributed by atoms with Gasteiger partial charge in [0.2, 0.25) is 10.0 Å². The van der Waals surface area contributed by atoms with Crippen molar-refractivity contribution in [3.05, 3.63) is 59.1 Å². The Bertz CT molecular complexity index is 913. The van der Waals surface area contributed by atoms with E-state index in [1.807, 2.05) is 35.3 Å². The summed E-state index contributed by atoms with van der Waals surface area (Å²) in [5, 5.41) is 7.05. The minimum Gasteiger partial charge on any atom is -0.282 e. The predicted octanol–water partition coefficient (Wildman–Crippen LogP) is 3.47. The Morgan fingerprint density at radius 3 is 2.37 bits per heavy atom. The van der Waals surface area contributed by atoms with E-state index >= 15 is 0 Å². The molecule has 3 N–H and O–H groups in total. The Labute approximate surface area is 164 Å². The van der Waals surface area contributed by atoms with Crippen LogP contribution in [0, 0.1) is 0 Å². The van der Waals surface area contributed by atoms with Crippen molar-refractivity contribution >= 4 is 33.2 Å². The fourth-order valence-corrected chi connectivity index (χ4v) is 4.40. The van der Waals surface area contributed by atoms with Gasteiger partial charge in [0.1, 0.15) is 4.90 Å². The highest BCUT2D eigenvalue weighted by Gasteiger charge is 2.24. The lowest BCUT2D eigenvalue weighted by Crippen LogP contribution is -2.49. The molecule has 2 aromatic carbocycles. The maximum absolute atomic E-state index is 12.8. The van der Waals surface area contributed by atoms with Gasteiger partial charge in [-0.25, -0.2) is 13.6 Å². The highest BCUT2D eigenvalue weighted by Crippen LogP contribution is 2.26. The summed E-state index contributed by atoms with van der Waals surface area (Å²) >= 11 is 5.91. The van der Waals surface area contributed by atoms with Crippen LogP contribution in [-0.2, 0) is 10.0 Å². The molecule has 0 bridgehead atoms. The molecule has 1 amide bonds. The number of rotatable bonds is 5. The van der Waals surface area contributed by atoms with Gasteiger partial charge in [-0.15, -0.1) is 0 Å². The molecule has 0 saturated heterocycles. The Morgan fingerprint density at radius 1 is 1.07 bits per heavy atom. The summed E-state index contributed by atoms with van der Waals surface area (Å²) in [6.45, 7) is 0. The highest BCUT2D eigenvalue weighted by molar-refractivity contribution is 7.89. The van der Waals surface area contributed by atoms with Crippen molar-refractivity contribution in [2.24, 2.45) is 5.14 Å². The van der Waals surface area contributed by atoms with E-state index < -0.39 is 15.9 Å². The molecule has 144 valence electrons. The molecule has 2 aromatic rings. The number of carbonyl (C=O) groups is 1. The zero-order valence-corrected chi connectivity index (χ0v) is 16.3. The number of amides is 1. The molecule has 1 aliphatic rings. The van der Waals surface area contributed by atoms with E-state index in [9.17, 15) is 13.2 Å². The first-order chi connectivity index (χ1) is 12.9. The van der Waals surface area contributed by atoms with Crippen molar-refractivity contribution < 1.29 is 13.2 Å². The number of hydrogen-bond acceptors (Lipinski definition) is 4. The third-order valence-electron chi connectivity index (χ3n) is 4.70. The van der Waals surface area contributed by atoms with E-state index in [1.54, 1.807) is 0 Å². The van der Waals surface area contributed by atoms with E-state index in [2.05, 4.69) is 5.43 Å². The second kappa shape index (κ2) is 8.29. The molecule has 6 nitrogen and oxygen atoms in total. The first kappa shape index (κ1) is 19.7. The van der Waals surface area contributed by atoms with E-state index in [-0.39, 0.29) is 21.5 Å². The number of anilines is 1. The molecule has 0 heterocycles. The quantitative estimate of drug-likeness (QED) is 0.742. The molecule has 0 aliphatic heterocycles. The van der Waals surface area contributed by atoms with Gasteiger partial charge in [0, 0.05) is 5.56 Å². The van der Waals surface area contributed by atoms with Gasteiger partial charge in [0.25, 0.3) is 5.91 Å². The van der Waals surface area contributed by atoms with Crippen LogP contribution in [0.3, 0.4) is 0 Å². The van der Waals surface area contributed by atoms with Crippen molar-refractivity contribution in [2.75, 3.05) is 5.01 Å². The van der Waals surface area contributed by atoms with Crippen LogP contribution < -0.4 is 15.6 Å². The molecule has 0 unspecified atom stereocenters. The first-order valence-electron chi connectivity index (χ1n) is 8.84. The van der Waals surface area contributed by atoms with Crippen LogP contribution in [0.4, 0.5) is 5.69 Å². The molecular weight excluding hydrogens is 386 g/mol. The number of primary sulfonamides is 1. The Kier molecular flexibility index (Phi) is 6.04. The normalized spacial score (nSPS) is 15.3. The second-order valence-electron chi connectivity index (χ2n) is 6.63. The monoisotopic (exact) mass is 407 g/mol. The van der Waals surface area contributed by atoms with Gasteiger partial charge >= 0.3 is 0 Å². The maximum Gasteiger partial charge on any atom is 0.269 e.